The number of ether oxygens (including phenoxy) is 4. The van der Waals surface area contributed by atoms with Crippen LogP contribution < -0.4 is 9.47 Å². The van der Waals surface area contributed by atoms with Gasteiger partial charge < -0.3 is 23.5 Å². The van der Waals surface area contributed by atoms with Gasteiger partial charge in [0.1, 0.15) is 0 Å². The number of methoxy groups -OCH3 is 3. The van der Waals surface area contributed by atoms with Crippen molar-refractivity contribution in [2.75, 3.05) is 34.5 Å². The monoisotopic (exact) mass is 417 g/mol. The molecule has 1 aromatic carbocycles. The Morgan fingerprint density at radius 3 is 2.40 bits per heavy atom. The largest absolute Gasteiger partial charge is 0.493 e. The molecule has 0 bridgehead atoms. The molecular formula is C23H31NO6. The summed E-state index contributed by atoms with van der Waals surface area (Å²) in [5.41, 5.74) is 3.41. The lowest BCUT2D eigenvalue weighted by Gasteiger charge is -2.10. The molecule has 0 atom stereocenters. The van der Waals surface area contributed by atoms with Gasteiger partial charge in [0.25, 0.3) is 0 Å². The van der Waals surface area contributed by atoms with Crippen LogP contribution in [-0.4, -0.2) is 50.9 Å². The number of aryl methyl sites for hydroxylation is 2. The van der Waals surface area contributed by atoms with Crippen molar-refractivity contribution in [3.05, 3.63) is 46.8 Å². The van der Waals surface area contributed by atoms with Crippen molar-refractivity contribution < 1.29 is 28.5 Å². The van der Waals surface area contributed by atoms with Gasteiger partial charge in [-0.15, -0.1) is 0 Å². The first kappa shape index (κ1) is 23.5. The summed E-state index contributed by atoms with van der Waals surface area (Å²) < 4.78 is 22.9. The van der Waals surface area contributed by atoms with E-state index in [0.717, 1.165) is 29.9 Å². The molecule has 7 heteroatoms. The minimum atomic E-state index is -0.410. The van der Waals surface area contributed by atoms with Crippen molar-refractivity contribution in [3.8, 4) is 11.5 Å². The molecule has 0 aliphatic carbocycles. The molecule has 0 saturated heterocycles. The number of Topliss-reactive ketones (excluding diaryl/α,β-unsaturated/α-hetero) is 1. The Hall–Kier alpha value is -2.80. The minimum absolute atomic E-state index is 0.179. The standard InChI is InChI=1S/C23H31NO6/c1-16-13-19(17(2)24(16)11-6-12-27-3)20(25)15-30-23(26)10-8-18-7-9-21(28-4)22(14-18)29-5/h7,9,13-14H,6,8,10-12,15H2,1-5H3. The van der Waals surface area contributed by atoms with Crippen LogP contribution >= 0.6 is 0 Å². The minimum Gasteiger partial charge on any atom is -0.493 e. The number of aromatic nitrogens is 1. The Bertz CT molecular complexity index is 871. The van der Waals surface area contributed by atoms with Gasteiger partial charge in [0.05, 0.1) is 14.2 Å². The molecule has 0 unspecified atom stereocenters. The zero-order valence-corrected chi connectivity index (χ0v) is 18.4. The van der Waals surface area contributed by atoms with Crippen LogP contribution in [0, 0.1) is 13.8 Å². The first-order valence-electron chi connectivity index (χ1n) is 9.96. The van der Waals surface area contributed by atoms with Crippen LogP contribution in [0.1, 0.15) is 40.2 Å². The van der Waals surface area contributed by atoms with Gasteiger partial charge in [0.15, 0.2) is 18.1 Å². The van der Waals surface area contributed by atoms with E-state index in [2.05, 4.69) is 4.57 Å². The number of hydrogen-bond donors (Lipinski definition) is 0. The van der Waals surface area contributed by atoms with E-state index >= 15 is 0 Å². The predicted octanol–water partition coefficient (Wildman–Crippen LogP) is 3.52. The van der Waals surface area contributed by atoms with Gasteiger partial charge >= 0.3 is 5.97 Å². The van der Waals surface area contributed by atoms with Crippen LogP contribution in [0.4, 0.5) is 0 Å². The summed E-state index contributed by atoms with van der Waals surface area (Å²) in [6, 6.07) is 7.35. The van der Waals surface area contributed by atoms with Gasteiger partial charge in [-0.2, -0.15) is 0 Å². The fraction of sp³-hybridized carbons (Fsp3) is 0.478. The van der Waals surface area contributed by atoms with Crippen molar-refractivity contribution in [3.63, 3.8) is 0 Å². The summed E-state index contributed by atoms with van der Waals surface area (Å²) in [7, 11) is 4.81. The third-order valence-electron chi connectivity index (χ3n) is 5.03. The Morgan fingerprint density at radius 2 is 1.73 bits per heavy atom. The second kappa shape index (κ2) is 11.4. The van der Waals surface area contributed by atoms with Crippen molar-refractivity contribution in [2.24, 2.45) is 0 Å². The maximum Gasteiger partial charge on any atom is 0.306 e. The quantitative estimate of drug-likeness (QED) is 0.299. The van der Waals surface area contributed by atoms with E-state index in [1.807, 2.05) is 32.0 Å². The molecule has 0 N–H and O–H groups in total. The molecule has 2 rings (SSSR count). The third-order valence-corrected chi connectivity index (χ3v) is 5.03. The first-order valence-corrected chi connectivity index (χ1v) is 9.96. The fourth-order valence-corrected chi connectivity index (χ4v) is 3.37. The van der Waals surface area contributed by atoms with Crippen molar-refractivity contribution in [1.29, 1.82) is 0 Å². The first-order chi connectivity index (χ1) is 14.4. The molecule has 0 aliphatic rings. The van der Waals surface area contributed by atoms with Gasteiger partial charge in [0.2, 0.25) is 5.78 Å². The highest BCUT2D eigenvalue weighted by molar-refractivity contribution is 5.99. The van der Waals surface area contributed by atoms with Gasteiger partial charge in [-0.25, -0.2) is 0 Å². The molecule has 7 nitrogen and oxygen atoms in total. The van der Waals surface area contributed by atoms with Crippen molar-refractivity contribution >= 4 is 11.8 Å². The summed E-state index contributed by atoms with van der Waals surface area (Å²) >= 11 is 0. The van der Waals surface area contributed by atoms with Gasteiger partial charge in [0, 0.05) is 43.6 Å². The molecule has 30 heavy (non-hydrogen) atoms. The second-order valence-corrected chi connectivity index (χ2v) is 7.06. The van der Waals surface area contributed by atoms with E-state index in [-0.39, 0.29) is 18.8 Å². The molecule has 0 aliphatic heterocycles. The summed E-state index contributed by atoms with van der Waals surface area (Å²) in [4.78, 5) is 24.7. The maximum absolute atomic E-state index is 12.5. The van der Waals surface area contributed by atoms with Gasteiger partial charge in [-0.3, -0.25) is 9.59 Å². The Balaban J connectivity index is 1.87. The fourth-order valence-electron chi connectivity index (χ4n) is 3.37. The van der Waals surface area contributed by atoms with Crippen molar-refractivity contribution in [2.45, 2.75) is 39.7 Å². The van der Waals surface area contributed by atoms with Crippen molar-refractivity contribution in [1.82, 2.24) is 4.57 Å². The van der Waals surface area contributed by atoms with Crippen LogP contribution in [0.15, 0.2) is 24.3 Å². The van der Waals surface area contributed by atoms with Crippen LogP contribution in [0.5, 0.6) is 11.5 Å². The average Bonchev–Trinajstić information content (AvgIpc) is 3.04. The van der Waals surface area contributed by atoms with E-state index in [4.69, 9.17) is 18.9 Å². The number of carbonyl (C=O) groups is 2. The summed E-state index contributed by atoms with van der Waals surface area (Å²) in [6.45, 7) is 5.06. The van der Waals surface area contributed by atoms with E-state index in [1.54, 1.807) is 27.4 Å². The van der Waals surface area contributed by atoms with E-state index < -0.39 is 5.97 Å². The Morgan fingerprint density at radius 1 is 1.00 bits per heavy atom. The maximum atomic E-state index is 12.5. The number of benzene rings is 1. The summed E-state index contributed by atoms with van der Waals surface area (Å²) in [5.74, 6) is 0.640. The van der Waals surface area contributed by atoms with Gasteiger partial charge in [-0.1, -0.05) is 6.07 Å². The van der Waals surface area contributed by atoms with Crippen LogP contribution in [0.3, 0.4) is 0 Å². The predicted molar refractivity (Wildman–Crippen MR) is 114 cm³/mol. The number of rotatable bonds is 12. The highest BCUT2D eigenvalue weighted by Gasteiger charge is 2.17. The van der Waals surface area contributed by atoms with E-state index in [1.165, 1.54) is 0 Å². The van der Waals surface area contributed by atoms with Gasteiger partial charge in [-0.05, 0) is 50.5 Å². The number of carbonyl (C=O) groups excluding carboxylic acids is 2. The third kappa shape index (κ3) is 6.10. The number of ketones is 1. The molecule has 2 aromatic rings. The van der Waals surface area contributed by atoms with E-state index in [0.29, 0.717) is 30.1 Å². The van der Waals surface area contributed by atoms with Crippen LogP contribution in [0.25, 0.3) is 0 Å². The van der Waals surface area contributed by atoms with Crippen LogP contribution in [0.2, 0.25) is 0 Å². The summed E-state index contributed by atoms with van der Waals surface area (Å²) in [6.07, 6.45) is 1.53. The summed E-state index contributed by atoms with van der Waals surface area (Å²) in [5, 5.41) is 0. The van der Waals surface area contributed by atoms with Crippen LogP contribution in [-0.2, 0) is 27.2 Å². The lowest BCUT2D eigenvalue weighted by molar-refractivity contribution is -0.142. The average molecular weight is 418 g/mol. The molecule has 1 heterocycles. The zero-order valence-electron chi connectivity index (χ0n) is 18.4. The molecule has 0 saturated carbocycles. The normalized spacial score (nSPS) is 10.7. The Kier molecular flexibility index (Phi) is 8.92. The number of hydrogen-bond acceptors (Lipinski definition) is 6. The molecule has 0 spiro atoms. The number of nitrogens with zero attached hydrogens (tertiary/aromatic N) is 1. The molecular weight excluding hydrogens is 386 g/mol. The zero-order chi connectivity index (χ0) is 22.1. The van der Waals surface area contributed by atoms with E-state index in [9.17, 15) is 9.59 Å². The highest BCUT2D eigenvalue weighted by atomic mass is 16.5. The Labute approximate surface area is 177 Å². The highest BCUT2D eigenvalue weighted by Crippen LogP contribution is 2.28. The molecule has 0 radical (unpaired) electrons. The smallest absolute Gasteiger partial charge is 0.306 e. The topological polar surface area (TPSA) is 76.0 Å². The SMILES string of the molecule is COCCCn1c(C)cc(C(=O)COC(=O)CCc2ccc(OC)c(OC)c2)c1C. The number of esters is 1. The lowest BCUT2D eigenvalue weighted by Crippen LogP contribution is -2.15. The molecule has 164 valence electrons. The molecule has 0 fully saturated rings. The molecule has 0 amide bonds. The lowest BCUT2D eigenvalue weighted by atomic mass is 10.1. The molecule has 1 aromatic heterocycles. The second-order valence-electron chi connectivity index (χ2n) is 7.06.